The van der Waals surface area contributed by atoms with Crippen LogP contribution in [0.15, 0.2) is 34.9 Å². The van der Waals surface area contributed by atoms with Crippen molar-refractivity contribution in [2.75, 3.05) is 13.1 Å². The Hall–Kier alpha value is -1.85. The molecule has 2 heterocycles. The van der Waals surface area contributed by atoms with E-state index in [2.05, 4.69) is 5.16 Å². The largest absolute Gasteiger partial charge is 0.350 e. The smallest absolute Gasteiger partial charge is 0.292 e. The van der Waals surface area contributed by atoms with Gasteiger partial charge in [0.1, 0.15) is 5.69 Å². The van der Waals surface area contributed by atoms with E-state index in [0.717, 1.165) is 18.4 Å². The number of hydrogen-bond donors (Lipinski definition) is 1. The van der Waals surface area contributed by atoms with Crippen molar-refractivity contribution in [2.45, 2.75) is 18.9 Å². The molecule has 0 aliphatic carbocycles. The minimum absolute atomic E-state index is 0.0946. The molecule has 1 unspecified atom stereocenters. The minimum Gasteiger partial charge on any atom is -0.350 e. The van der Waals surface area contributed by atoms with E-state index in [0.29, 0.717) is 23.8 Å². The number of halogens is 1. The van der Waals surface area contributed by atoms with E-state index >= 15 is 0 Å². The average molecular weight is 306 g/mol. The number of amides is 1. The summed E-state index contributed by atoms with van der Waals surface area (Å²) in [5.41, 5.74) is 7.12. The molecule has 1 aromatic carbocycles. The third kappa shape index (κ3) is 2.80. The molecule has 2 aromatic rings. The van der Waals surface area contributed by atoms with E-state index in [-0.39, 0.29) is 17.7 Å². The van der Waals surface area contributed by atoms with Crippen molar-refractivity contribution in [1.82, 2.24) is 10.1 Å². The predicted molar refractivity (Wildman–Crippen MR) is 80.1 cm³/mol. The zero-order valence-corrected chi connectivity index (χ0v) is 12.2. The summed E-state index contributed by atoms with van der Waals surface area (Å²) in [5.74, 6) is 0.0917. The van der Waals surface area contributed by atoms with Crippen LogP contribution in [0.2, 0.25) is 5.02 Å². The maximum atomic E-state index is 12.4. The van der Waals surface area contributed by atoms with Crippen LogP contribution in [0.5, 0.6) is 0 Å². The van der Waals surface area contributed by atoms with Crippen molar-refractivity contribution < 1.29 is 9.32 Å². The highest BCUT2D eigenvalue weighted by molar-refractivity contribution is 6.30. The molecule has 1 atom stereocenters. The van der Waals surface area contributed by atoms with Crippen molar-refractivity contribution in [1.29, 1.82) is 0 Å². The maximum Gasteiger partial charge on any atom is 0.292 e. The topological polar surface area (TPSA) is 72.4 Å². The van der Waals surface area contributed by atoms with Gasteiger partial charge >= 0.3 is 0 Å². The van der Waals surface area contributed by atoms with Gasteiger partial charge in [-0.25, -0.2) is 0 Å². The van der Waals surface area contributed by atoms with Gasteiger partial charge in [0.25, 0.3) is 5.91 Å². The Balaban J connectivity index is 1.83. The van der Waals surface area contributed by atoms with E-state index in [4.69, 9.17) is 21.9 Å². The fourth-order valence-electron chi connectivity index (χ4n) is 2.65. The fraction of sp³-hybridized carbons (Fsp3) is 0.333. The Kier molecular flexibility index (Phi) is 3.94. The second-order valence-corrected chi connectivity index (χ2v) is 5.55. The monoisotopic (exact) mass is 305 g/mol. The van der Waals surface area contributed by atoms with Crippen LogP contribution in [0.4, 0.5) is 0 Å². The Morgan fingerprint density at radius 1 is 1.48 bits per heavy atom. The normalized spacial score (nSPS) is 18.2. The first kappa shape index (κ1) is 14.1. The van der Waals surface area contributed by atoms with Gasteiger partial charge in [-0.2, -0.15) is 0 Å². The second kappa shape index (κ2) is 5.87. The molecule has 6 heteroatoms. The SMILES string of the molecule is NCC1CCCN1C(=O)c1cc(-c2cccc(Cl)c2)no1. The first-order chi connectivity index (χ1) is 10.2. The van der Waals surface area contributed by atoms with Crippen molar-refractivity contribution in [3.05, 3.63) is 41.1 Å². The van der Waals surface area contributed by atoms with Crippen molar-refractivity contribution >= 4 is 17.5 Å². The zero-order valence-electron chi connectivity index (χ0n) is 11.5. The Bertz CT molecular complexity index is 656. The summed E-state index contributed by atoms with van der Waals surface area (Å²) < 4.78 is 5.20. The highest BCUT2D eigenvalue weighted by Crippen LogP contribution is 2.24. The van der Waals surface area contributed by atoms with E-state index in [1.54, 1.807) is 23.1 Å². The molecule has 1 fully saturated rings. The number of rotatable bonds is 3. The van der Waals surface area contributed by atoms with Gasteiger partial charge in [0.2, 0.25) is 5.76 Å². The summed E-state index contributed by atoms with van der Waals surface area (Å²) in [5, 5.41) is 4.58. The van der Waals surface area contributed by atoms with Crippen molar-refractivity contribution in [3.63, 3.8) is 0 Å². The molecule has 3 rings (SSSR count). The molecule has 110 valence electrons. The summed E-state index contributed by atoms with van der Waals surface area (Å²) in [6.07, 6.45) is 1.92. The summed E-state index contributed by atoms with van der Waals surface area (Å²) in [6, 6.07) is 9.02. The minimum atomic E-state index is -0.149. The number of nitrogens with two attached hydrogens (primary N) is 1. The molecule has 0 saturated carbocycles. The predicted octanol–water partition coefficient (Wildman–Crippen LogP) is 2.56. The van der Waals surface area contributed by atoms with E-state index in [9.17, 15) is 4.79 Å². The van der Waals surface area contributed by atoms with Gasteiger partial charge in [-0.1, -0.05) is 28.9 Å². The number of benzene rings is 1. The number of carbonyl (C=O) groups excluding carboxylic acids is 1. The van der Waals surface area contributed by atoms with E-state index in [1.165, 1.54) is 0 Å². The van der Waals surface area contributed by atoms with Gasteiger partial charge in [0, 0.05) is 35.8 Å². The molecule has 5 nitrogen and oxygen atoms in total. The molecule has 21 heavy (non-hydrogen) atoms. The maximum absolute atomic E-state index is 12.4. The molecule has 1 aliphatic rings. The molecule has 1 aliphatic heterocycles. The van der Waals surface area contributed by atoms with Crippen LogP contribution in [0, 0.1) is 0 Å². The molecule has 0 bridgehead atoms. The lowest BCUT2D eigenvalue weighted by molar-refractivity contribution is 0.0699. The number of carbonyl (C=O) groups is 1. The Morgan fingerprint density at radius 2 is 2.33 bits per heavy atom. The summed E-state index contributed by atoms with van der Waals surface area (Å²) >= 11 is 5.96. The highest BCUT2D eigenvalue weighted by atomic mass is 35.5. The van der Waals surface area contributed by atoms with Crippen LogP contribution >= 0.6 is 11.6 Å². The summed E-state index contributed by atoms with van der Waals surface area (Å²) in [7, 11) is 0. The quantitative estimate of drug-likeness (QED) is 0.946. The molecule has 1 aromatic heterocycles. The van der Waals surface area contributed by atoms with Crippen LogP contribution in [0.1, 0.15) is 23.4 Å². The van der Waals surface area contributed by atoms with Gasteiger partial charge in [-0.3, -0.25) is 4.79 Å². The van der Waals surface area contributed by atoms with E-state index < -0.39 is 0 Å². The summed E-state index contributed by atoms with van der Waals surface area (Å²) in [6.45, 7) is 1.19. The van der Waals surface area contributed by atoms with Crippen LogP contribution in [-0.4, -0.2) is 35.1 Å². The molecule has 1 amide bonds. The number of aromatic nitrogens is 1. The van der Waals surface area contributed by atoms with Crippen LogP contribution in [0.3, 0.4) is 0 Å². The van der Waals surface area contributed by atoms with E-state index in [1.807, 2.05) is 12.1 Å². The third-order valence-corrected chi connectivity index (χ3v) is 3.99. The third-order valence-electron chi connectivity index (χ3n) is 3.75. The van der Waals surface area contributed by atoms with Crippen molar-refractivity contribution in [2.24, 2.45) is 5.73 Å². The first-order valence-corrected chi connectivity index (χ1v) is 7.30. The van der Waals surface area contributed by atoms with Crippen LogP contribution in [-0.2, 0) is 0 Å². The molecule has 0 spiro atoms. The number of hydrogen-bond acceptors (Lipinski definition) is 4. The lowest BCUT2D eigenvalue weighted by atomic mass is 10.1. The van der Waals surface area contributed by atoms with Gasteiger partial charge < -0.3 is 15.2 Å². The zero-order chi connectivity index (χ0) is 14.8. The molecular formula is C15H16ClN3O2. The molecule has 2 N–H and O–H groups in total. The molecular weight excluding hydrogens is 290 g/mol. The van der Waals surface area contributed by atoms with Gasteiger partial charge in [0.15, 0.2) is 0 Å². The lowest BCUT2D eigenvalue weighted by Gasteiger charge is -2.21. The molecule has 1 saturated heterocycles. The lowest BCUT2D eigenvalue weighted by Crippen LogP contribution is -2.39. The number of nitrogens with zero attached hydrogens (tertiary/aromatic N) is 2. The Morgan fingerprint density at radius 3 is 3.10 bits per heavy atom. The van der Waals surface area contributed by atoms with Gasteiger partial charge in [-0.05, 0) is 25.0 Å². The fourth-order valence-corrected chi connectivity index (χ4v) is 2.84. The number of likely N-dealkylation sites (tertiary alicyclic amines) is 1. The second-order valence-electron chi connectivity index (χ2n) is 5.12. The highest BCUT2D eigenvalue weighted by Gasteiger charge is 2.30. The van der Waals surface area contributed by atoms with Crippen LogP contribution < -0.4 is 5.73 Å². The van der Waals surface area contributed by atoms with Gasteiger partial charge in [-0.15, -0.1) is 0 Å². The summed E-state index contributed by atoms with van der Waals surface area (Å²) in [4.78, 5) is 14.2. The van der Waals surface area contributed by atoms with Crippen LogP contribution in [0.25, 0.3) is 11.3 Å². The Labute approximate surface area is 127 Å². The van der Waals surface area contributed by atoms with Crippen molar-refractivity contribution in [3.8, 4) is 11.3 Å². The molecule has 0 radical (unpaired) electrons. The standard InChI is InChI=1S/C15H16ClN3O2/c16-11-4-1-3-10(7-11)13-8-14(21-18-13)15(20)19-6-2-5-12(19)9-17/h1,3-4,7-8,12H,2,5-6,9,17H2. The average Bonchev–Trinajstić information content (AvgIpc) is 3.15. The first-order valence-electron chi connectivity index (χ1n) is 6.92. The van der Waals surface area contributed by atoms with Gasteiger partial charge in [0.05, 0.1) is 0 Å².